The first kappa shape index (κ1) is 30.5. The van der Waals surface area contributed by atoms with E-state index in [4.69, 9.17) is 21.1 Å². The van der Waals surface area contributed by atoms with Crippen molar-refractivity contribution in [3.8, 4) is 11.5 Å². The number of carboxylic acids is 1. The summed E-state index contributed by atoms with van der Waals surface area (Å²) in [5, 5.41) is 10.5. The highest BCUT2D eigenvalue weighted by atomic mass is 35.5. The van der Waals surface area contributed by atoms with Gasteiger partial charge >= 0.3 is 5.97 Å². The van der Waals surface area contributed by atoms with Crippen molar-refractivity contribution >= 4 is 29.2 Å². The van der Waals surface area contributed by atoms with Gasteiger partial charge < -0.3 is 24.4 Å². The molecule has 1 aliphatic heterocycles. The molecular weight excluding hydrogens is 564 g/mol. The van der Waals surface area contributed by atoms with E-state index in [1.54, 1.807) is 31.4 Å². The lowest BCUT2D eigenvalue weighted by molar-refractivity contribution is -0.141. The summed E-state index contributed by atoms with van der Waals surface area (Å²) in [4.78, 5) is 29.9. The maximum absolute atomic E-state index is 13.8. The van der Waals surface area contributed by atoms with Gasteiger partial charge in [-0.05, 0) is 97.2 Å². The van der Waals surface area contributed by atoms with Gasteiger partial charge in [0.2, 0.25) is 5.91 Å². The van der Waals surface area contributed by atoms with Crippen molar-refractivity contribution in [3.05, 3.63) is 101 Å². The number of hydrogen-bond donors (Lipinski definition) is 1. The maximum atomic E-state index is 13.8. The molecule has 1 fully saturated rings. The SMILES string of the molecule is C=CCN(Cc1ccc(OC)cc1)C(=O)[C@@H]1CC[C@H]1CN1CCCCc2cc(Cl)ccc2COc2ccc(C(=O)O)cc21. The summed E-state index contributed by atoms with van der Waals surface area (Å²) in [6, 6.07) is 18.7. The molecule has 7 nitrogen and oxygen atoms in total. The lowest BCUT2D eigenvalue weighted by Gasteiger charge is -2.42. The van der Waals surface area contributed by atoms with Gasteiger partial charge in [0.05, 0.1) is 18.4 Å². The Bertz CT molecular complexity index is 1460. The molecule has 5 rings (SSSR count). The summed E-state index contributed by atoms with van der Waals surface area (Å²) in [7, 11) is 1.64. The van der Waals surface area contributed by atoms with E-state index in [1.807, 2.05) is 47.4 Å². The second-order valence-electron chi connectivity index (χ2n) is 11.4. The number of carbonyl (C=O) groups excluding carboxylic acids is 1. The van der Waals surface area contributed by atoms with Crippen molar-refractivity contribution in [2.45, 2.75) is 45.3 Å². The fraction of sp³-hybridized carbons (Fsp3) is 0.371. The quantitative estimate of drug-likeness (QED) is 0.265. The monoisotopic (exact) mass is 602 g/mol. The number of nitrogens with zero attached hydrogens (tertiary/aromatic N) is 2. The molecule has 1 heterocycles. The number of halogens is 1. The Labute approximate surface area is 258 Å². The third-order valence-electron chi connectivity index (χ3n) is 8.61. The molecule has 0 radical (unpaired) electrons. The topological polar surface area (TPSA) is 79.3 Å². The van der Waals surface area contributed by atoms with Gasteiger partial charge in [-0.2, -0.15) is 0 Å². The largest absolute Gasteiger partial charge is 0.497 e. The van der Waals surface area contributed by atoms with Crippen molar-refractivity contribution in [2.75, 3.05) is 31.6 Å². The minimum atomic E-state index is -0.979. The fourth-order valence-corrected chi connectivity index (χ4v) is 6.24. The van der Waals surface area contributed by atoms with Gasteiger partial charge in [0.25, 0.3) is 0 Å². The second kappa shape index (κ2) is 14.0. The molecule has 1 aliphatic carbocycles. The van der Waals surface area contributed by atoms with Crippen molar-refractivity contribution in [2.24, 2.45) is 11.8 Å². The number of rotatable bonds is 9. The summed E-state index contributed by atoms with van der Waals surface area (Å²) in [5.74, 6) is 0.624. The number of amides is 1. The number of aryl methyl sites for hydroxylation is 1. The molecule has 0 unspecified atom stereocenters. The Hall–Kier alpha value is -3.97. The molecule has 3 aromatic rings. The Morgan fingerprint density at radius 1 is 1.09 bits per heavy atom. The molecule has 0 bridgehead atoms. The van der Waals surface area contributed by atoms with Crippen LogP contribution in [0.5, 0.6) is 11.5 Å². The molecule has 1 amide bonds. The zero-order valence-electron chi connectivity index (χ0n) is 24.6. The average molecular weight is 603 g/mol. The summed E-state index contributed by atoms with van der Waals surface area (Å²) in [6.07, 6.45) is 6.30. The number of ether oxygens (including phenoxy) is 2. The maximum Gasteiger partial charge on any atom is 0.335 e. The molecule has 0 spiro atoms. The molecular formula is C35H39ClN2O5. The predicted octanol–water partition coefficient (Wildman–Crippen LogP) is 7.01. The Balaban J connectivity index is 1.36. The van der Waals surface area contributed by atoms with Crippen LogP contribution in [0.2, 0.25) is 5.02 Å². The van der Waals surface area contributed by atoms with Crippen LogP contribution in [0.4, 0.5) is 5.69 Å². The lowest BCUT2D eigenvalue weighted by atomic mass is 9.72. The average Bonchev–Trinajstić information content (AvgIpc) is 3.02. The van der Waals surface area contributed by atoms with Gasteiger partial charge in [-0.15, -0.1) is 6.58 Å². The highest BCUT2D eigenvalue weighted by molar-refractivity contribution is 6.30. The molecule has 1 N–H and O–H groups in total. The summed E-state index contributed by atoms with van der Waals surface area (Å²) < 4.78 is 11.6. The molecule has 0 saturated heterocycles. The zero-order valence-corrected chi connectivity index (χ0v) is 25.4. The summed E-state index contributed by atoms with van der Waals surface area (Å²) >= 11 is 6.30. The van der Waals surface area contributed by atoms with E-state index in [2.05, 4.69) is 11.5 Å². The molecule has 0 aromatic heterocycles. The van der Waals surface area contributed by atoms with Gasteiger partial charge in [-0.25, -0.2) is 4.79 Å². The van der Waals surface area contributed by atoms with Crippen LogP contribution < -0.4 is 14.4 Å². The van der Waals surface area contributed by atoms with Crippen LogP contribution in [0.1, 0.15) is 52.7 Å². The number of anilines is 1. The normalized spacial score (nSPS) is 18.1. The number of hydrogen-bond acceptors (Lipinski definition) is 5. The molecule has 1 saturated carbocycles. The van der Waals surface area contributed by atoms with E-state index in [-0.39, 0.29) is 23.3 Å². The molecule has 2 aliphatic rings. The van der Waals surface area contributed by atoms with E-state index >= 15 is 0 Å². The number of carboxylic acid groups (broad SMARTS) is 1. The standard InChI is InChI=1S/C35H39ClN2O5/c1-3-17-38(21-24-7-13-30(42-2)14-8-24)34(39)31-15-10-27(31)22-37-18-5-4-6-25-19-29(36)12-9-28(25)23-43-33-16-11-26(35(40)41)20-32(33)37/h3,7-9,11-14,16,19-20,27,31H,1,4-6,10,15,17-18,21-23H2,2H3,(H,40,41)/t27-,31+/m0/s1. The molecule has 226 valence electrons. The molecule has 8 heteroatoms. The Kier molecular flexibility index (Phi) is 9.93. The van der Waals surface area contributed by atoms with Crippen molar-refractivity contribution in [3.63, 3.8) is 0 Å². The van der Waals surface area contributed by atoms with Gasteiger partial charge in [-0.3, -0.25) is 4.79 Å². The third kappa shape index (κ3) is 7.34. The van der Waals surface area contributed by atoms with E-state index in [1.165, 1.54) is 5.56 Å². The van der Waals surface area contributed by atoms with Gasteiger partial charge in [0.1, 0.15) is 18.1 Å². The van der Waals surface area contributed by atoms with Crippen molar-refractivity contribution < 1.29 is 24.2 Å². The smallest absolute Gasteiger partial charge is 0.335 e. The highest BCUT2D eigenvalue weighted by Crippen LogP contribution is 2.40. The first-order valence-corrected chi connectivity index (χ1v) is 15.3. The third-order valence-corrected chi connectivity index (χ3v) is 8.84. The Morgan fingerprint density at radius 2 is 1.91 bits per heavy atom. The van der Waals surface area contributed by atoms with Crippen molar-refractivity contribution in [1.82, 2.24) is 4.90 Å². The first-order valence-electron chi connectivity index (χ1n) is 14.9. The van der Waals surface area contributed by atoms with Gasteiger partial charge in [0, 0.05) is 37.1 Å². The minimum absolute atomic E-state index is 0.102. The first-order chi connectivity index (χ1) is 20.9. The van der Waals surface area contributed by atoms with E-state index in [0.29, 0.717) is 37.0 Å². The molecule has 2 atom stereocenters. The van der Waals surface area contributed by atoms with Crippen LogP contribution in [0.3, 0.4) is 0 Å². The van der Waals surface area contributed by atoms with E-state index in [9.17, 15) is 14.7 Å². The van der Waals surface area contributed by atoms with Crippen LogP contribution in [0, 0.1) is 11.8 Å². The zero-order chi connectivity index (χ0) is 30.3. The second-order valence-corrected chi connectivity index (χ2v) is 11.8. The number of methoxy groups -OCH3 is 1. The predicted molar refractivity (Wildman–Crippen MR) is 169 cm³/mol. The van der Waals surface area contributed by atoms with E-state index < -0.39 is 5.97 Å². The number of fused-ring (bicyclic) bond motifs is 2. The van der Waals surface area contributed by atoms with Crippen LogP contribution in [0.25, 0.3) is 0 Å². The lowest BCUT2D eigenvalue weighted by Crippen LogP contribution is -2.47. The molecule has 43 heavy (non-hydrogen) atoms. The summed E-state index contributed by atoms with van der Waals surface area (Å²) in [5.41, 5.74) is 4.26. The van der Waals surface area contributed by atoms with Gasteiger partial charge in [0.15, 0.2) is 0 Å². The minimum Gasteiger partial charge on any atom is -0.497 e. The van der Waals surface area contributed by atoms with Crippen molar-refractivity contribution in [1.29, 1.82) is 0 Å². The summed E-state index contributed by atoms with van der Waals surface area (Å²) in [6.45, 7) is 6.62. The van der Waals surface area contributed by atoms with Crippen LogP contribution in [-0.4, -0.2) is 48.6 Å². The molecule has 3 aromatic carbocycles. The highest BCUT2D eigenvalue weighted by Gasteiger charge is 2.40. The van der Waals surface area contributed by atoms with Crippen LogP contribution in [-0.2, 0) is 24.4 Å². The number of carbonyl (C=O) groups is 2. The van der Waals surface area contributed by atoms with E-state index in [0.717, 1.165) is 61.2 Å². The Morgan fingerprint density at radius 3 is 2.60 bits per heavy atom. The van der Waals surface area contributed by atoms with Crippen LogP contribution >= 0.6 is 11.6 Å². The van der Waals surface area contributed by atoms with Gasteiger partial charge in [-0.1, -0.05) is 35.9 Å². The van der Waals surface area contributed by atoms with Crippen LogP contribution in [0.15, 0.2) is 73.3 Å². The number of aromatic carboxylic acids is 1. The number of benzene rings is 3. The fourth-order valence-electron chi connectivity index (χ4n) is 6.04.